The maximum absolute atomic E-state index is 12.7. The Labute approximate surface area is 120 Å². The monoisotopic (exact) mass is 301 g/mol. The first-order chi connectivity index (χ1) is 9.93. The topological polar surface area (TPSA) is 45.5 Å². The third kappa shape index (κ3) is 3.63. The van der Waals surface area contributed by atoms with Crippen LogP contribution in [-0.2, 0) is 6.18 Å². The molecule has 0 unspecified atom stereocenters. The Morgan fingerprint density at radius 2 is 2.10 bits per heavy atom. The highest BCUT2D eigenvalue weighted by molar-refractivity contribution is 5.69. The summed E-state index contributed by atoms with van der Waals surface area (Å²) in [5.74, 6) is 0.485. The van der Waals surface area contributed by atoms with E-state index in [1.807, 2.05) is 4.90 Å². The normalized spacial score (nSPS) is 12.0. The molecule has 2 aromatic heterocycles. The van der Waals surface area contributed by atoms with Crippen molar-refractivity contribution in [2.45, 2.75) is 19.5 Å². The first-order valence-electron chi connectivity index (χ1n) is 6.77. The predicted octanol–water partition coefficient (Wildman–Crippen LogP) is 2.18. The van der Waals surface area contributed by atoms with E-state index in [-0.39, 0.29) is 0 Å². The van der Waals surface area contributed by atoms with E-state index in [1.165, 1.54) is 16.9 Å². The molecule has 21 heavy (non-hydrogen) atoms. The minimum atomic E-state index is -4.45. The highest BCUT2D eigenvalue weighted by Gasteiger charge is 2.34. The number of alkyl halides is 3. The van der Waals surface area contributed by atoms with Crippen molar-refractivity contribution in [1.29, 1.82) is 0 Å². The van der Waals surface area contributed by atoms with Gasteiger partial charge in [0.2, 0.25) is 0 Å². The molecule has 0 spiro atoms. The average Bonchev–Trinajstić information content (AvgIpc) is 2.87. The van der Waals surface area contributed by atoms with Crippen molar-refractivity contribution in [2.24, 2.45) is 0 Å². The molecule has 0 saturated heterocycles. The summed E-state index contributed by atoms with van der Waals surface area (Å²) in [5, 5.41) is 6.79. The minimum Gasteiger partial charge on any atom is -0.357 e. The molecule has 0 bridgehead atoms. The van der Waals surface area contributed by atoms with E-state index < -0.39 is 11.9 Å². The fourth-order valence-electron chi connectivity index (χ4n) is 2.00. The maximum Gasteiger partial charge on any atom is 0.435 e. The number of nitrogens with zero attached hydrogens (tertiary/aromatic N) is 4. The Morgan fingerprint density at radius 1 is 1.33 bits per heavy atom. The molecule has 2 aromatic rings. The molecule has 0 atom stereocenters. The molecule has 0 amide bonds. The average molecular weight is 301 g/mol. The molecule has 116 valence electrons. The van der Waals surface area contributed by atoms with Crippen LogP contribution >= 0.6 is 0 Å². The van der Waals surface area contributed by atoms with Gasteiger partial charge in [-0.3, -0.25) is 0 Å². The summed E-state index contributed by atoms with van der Waals surface area (Å²) in [6.45, 7) is 4.38. The van der Waals surface area contributed by atoms with E-state index in [9.17, 15) is 13.2 Å². The van der Waals surface area contributed by atoms with Crippen LogP contribution in [0.3, 0.4) is 0 Å². The number of likely N-dealkylation sites (N-methyl/N-ethyl adjacent to an activating group) is 1. The van der Waals surface area contributed by atoms with Crippen LogP contribution in [0.4, 0.5) is 19.0 Å². The molecule has 0 aromatic carbocycles. The van der Waals surface area contributed by atoms with Crippen molar-refractivity contribution >= 4 is 11.3 Å². The molecule has 0 aliphatic rings. The Bertz CT molecular complexity index is 593. The van der Waals surface area contributed by atoms with Crippen molar-refractivity contribution in [3.05, 3.63) is 24.2 Å². The first kappa shape index (κ1) is 15.6. The number of aromatic nitrogens is 3. The second kappa shape index (κ2) is 6.30. The molecule has 0 fully saturated rings. The van der Waals surface area contributed by atoms with E-state index in [4.69, 9.17) is 0 Å². The standard InChI is InChI=1S/C13H18F3N5/c1-3-4-17-5-7-20(2)12-10-9-11(13(14,15)16)19-21(10)8-6-18-12/h6,8-9,17H,3-5,7H2,1-2H3. The molecule has 0 aliphatic carbocycles. The molecule has 8 heteroatoms. The van der Waals surface area contributed by atoms with E-state index in [0.29, 0.717) is 17.9 Å². The van der Waals surface area contributed by atoms with Crippen LogP contribution in [0.25, 0.3) is 5.52 Å². The van der Waals surface area contributed by atoms with Crippen molar-refractivity contribution in [3.8, 4) is 0 Å². The number of fused-ring (bicyclic) bond motifs is 1. The van der Waals surface area contributed by atoms with Crippen LogP contribution in [0.15, 0.2) is 18.5 Å². The fourth-order valence-corrected chi connectivity index (χ4v) is 2.00. The largest absolute Gasteiger partial charge is 0.435 e. The summed E-state index contributed by atoms with van der Waals surface area (Å²) in [5.41, 5.74) is -0.558. The van der Waals surface area contributed by atoms with Crippen LogP contribution in [-0.4, -0.2) is 41.3 Å². The number of rotatable bonds is 6. The third-order valence-corrected chi connectivity index (χ3v) is 3.07. The zero-order valence-electron chi connectivity index (χ0n) is 12.0. The van der Waals surface area contributed by atoms with Gasteiger partial charge in [-0.05, 0) is 13.0 Å². The van der Waals surface area contributed by atoms with Gasteiger partial charge >= 0.3 is 6.18 Å². The van der Waals surface area contributed by atoms with Gasteiger partial charge in [0.15, 0.2) is 11.5 Å². The van der Waals surface area contributed by atoms with Crippen LogP contribution < -0.4 is 10.2 Å². The summed E-state index contributed by atoms with van der Waals surface area (Å²) >= 11 is 0. The van der Waals surface area contributed by atoms with Gasteiger partial charge in [-0.15, -0.1) is 0 Å². The zero-order chi connectivity index (χ0) is 15.5. The number of halogens is 3. The zero-order valence-corrected chi connectivity index (χ0v) is 12.0. The Hall–Kier alpha value is -1.83. The van der Waals surface area contributed by atoms with Gasteiger partial charge in [0.1, 0.15) is 5.52 Å². The summed E-state index contributed by atoms with van der Waals surface area (Å²) in [4.78, 5) is 5.99. The summed E-state index contributed by atoms with van der Waals surface area (Å²) in [7, 11) is 1.80. The summed E-state index contributed by atoms with van der Waals surface area (Å²) in [6, 6.07) is 1.03. The van der Waals surface area contributed by atoms with Crippen LogP contribution in [0.1, 0.15) is 19.0 Å². The lowest BCUT2D eigenvalue weighted by Gasteiger charge is -2.18. The molecule has 2 rings (SSSR count). The second-order valence-electron chi connectivity index (χ2n) is 4.78. The van der Waals surface area contributed by atoms with Crippen LogP contribution in [0, 0.1) is 0 Å². The van der Waals surface area contributed by atoms with E-state index >= 15 is 0 Å². The second-order valence-corrected chi connectivity index (χ2v) is 4.78. The molecule has 0 saturated carbocycles. The molecular weight excluding hydrogens is 283 g/mol. The quantitative estimate of drug-likeness (QED) is 0.831. The van der Waals surface area contributed by atoms with Crippen LogP contribution in [0.2, 0.25) is 0 Å². The number of hydrogen-bond donors (Lipinski definition) is 1. The molecule has 2 heterocycles. The highest BCUT2D eigenvalue weighted by Crippen LogP contribution is 2.30. The summed E-state index contributed by atoms with van der Waals surface area (Å²) < 4.78 is 39.4. The highest BCUT2D eigenvalue weighted by atomic mass is 19.4. The van der Waals surface area contributed by atoms with Gasteiger partial charge in [0.25, 0.3) is 0 Å². The van der Waals surface area contributed by atoms with Crippen LogP contribution in [0.5, 0.6) is 0 Å². The summed E-state index contributed by atoms with van der Waals surface area (Å²) in [6.07, 6.45) is -0.553. The lowest BCUT2D eigenvalue weighted by molar-refractivity contribution is -0.141. The molecule has 1 N–H and O–H groups in total. The lowest BCUT2D eigenvalue weighted by Crippen LogP contribution is -2.30. The van der Waals surface area contributed by atoms with Gasteiger partial charge in [0, 0.05) is 38.6 Å². The van der Waals surface area contributed by atoms with E-state index in [2.05, 4.69) is 22.3 Å². The lowest BCUT2D eigenvalue weighted by atomic mass is 10.3. The first-order valence-corrected chi connectivity index (χ1v) is 6.77. The van der Waals surface area contributed by atoms with Crippen molar-refractivity contribution in [1.82, 2.24) is 19.9 Å². The van der Waals surface area contributed by atoms with E-state index in [0.717, 1.165) is 25.6 Å². The third-order valence-electron chi connectivity index (χ3n) is 3.07. The maximum atomic E-state index is 12.7. The Morgan fingerprint density at radius 3 is 2.76 bits per heavy atom. The van der Waals surface area contributed by atoms with Gasteiger partial charge in [-0.2, -0.15) is 18.3 Å². The Balaban J connectivity index is 2.21. The molecule has 5 nitrogen and oxygen atoms in total. The van der Waals surface area contributed by atoms with E-state index in [1.54, 1.807) is 7.05 Å². The fraction of sp³-hybridized carbons (Fsp3) is 0.538. The van der Waals surface area contributed by atoms with Gasteiger partial charge in [-0.1, -0.05) is 6.92 Å². The predicted molar refractivity (Wildman–Crippen MR) is 74.4 cm³/mol. The number of anilines is 1. The molecule has 0 aliphatic heterocycles. The minimum absolute atomic E-state index is 0.350. The molecule has 0 radical (unpaired) electrons. The smallest absolute Gasteiger partial charge is 0.357 e. The number of hydrogen-bond acceptors (Lipinski definition) is 4. The molecular formula is C13H18F3N5. The van der Waals surface area contributed by atoms with Crippen molar-refractivity contribution < 1.29 is 13.2 Å². The van der Waals surface area contributed by atoms with Crippen molar-refractivity contribution in [3.63, 3.8) is 0 Å². The SMILES string of the molecule is CCCNCCN(C)c1nccn2nc(C(F)(F)F)cc12. The van der Waals surface area contributed by atoms with Gasteiger partial charge in [0.05, 0.1) is 0 Å². The van der Waals surface area contributed by atoms with Crippen molar-refractivity contribution in [2.75, 3.05) is 31.6 Å². The van der Waals surface area contributed by atoms with Gasteiger partial charge < -0.3 is 10.2 Å². The van der Waals surface area contributed by atoms with Gasteiger partial charge in [-0.25, -0.2) is 9.50 Å². The Kier molecular flexibility index (Phi) is 4.66. The number of nitrogens with one attached hydrogen (secondary N) is 1.